The number of carbonyl (C=O) groups excluding carboxylic acids is 1. The summed E-state index contributed by atoms with van der Waals surface area (Å²) in [6.07, 6.45) is 3.83. The second kappa shape index (κ2) is 7.45. The molecular weight excluding hydrogens is 416 g/mol. The highest BCUT2D eigenvalue weighted by Gasteiger charge is 2.29. The van der Waals surface area contributed by atoms with Crippen LogP contribution in [0.2, 0.25) is 0 Å². The minimum atomic E-state index is -0.225. The molecular formula is C21H22N6O3S. The van der Waals surface area contributed by atoms with E-state index in [1.807, 2.05) is 17.9 Å². The van der Waals surface area contributed by atoms with Gasteiger partial charge in [0.15, 0.2) is 5.65 Å². The van der Waals surface area contributed by atoms with Crippen LogP contribution in [0.5, 0.6) is 0 Å². The summed E-state index contributed by atoms with van der Waals surface area (Å²) in [6.45, 7) is 4.96. The first-order chi connectivity index (χ1) is 15.0. The maximum Gasteiger partial charge on any atom is 0.272 e. The number of aryl methyl sites for hydroxylation is 2. The monoisotopic (exact) mass is 438 g/mol. The molecule has 1 amide bonds. The van der Waals surface area contributed by atoms with E-state index in [2.05, 4.69) is 20.1 Å². The summed E-state index contributed by atoms with van der Waals surface area (Å²) >= 11 is 1.26. The standard InChI is InChI=1S/C21H22N6O3S/c1-3-13-7-16(28)27-15(24-13)8-14(25-27)12-5-4-6-26(9-12)21(30)18-11(2)17-19(29)22-10-23-20(17)31-18/h7-8,10,12,25H,3-6,9H2,1-2H3,(H,22,23,29). The lowest BCUT2D eigenvalue weighted by Gasteiger charge is -2.32. The molecule has 0 aliphatic carbocycles. The van der Waals surface area contributed by atoms with Crippen molar-refractivity contribution in [2.24, 2.45) is 0 Å². The molecule has 0 bridgehead atoms. The molecule has 0 saturated carbocycles. The predicted octanol–water partition coefficient (Wildman–Crippen LogP) is 2.21. The molecule has 0 radical (unpaired) electrons. The number of thiophene rings is 1. The van der Waals surface area contributed by atoms with Crippen LogP contribution in [-0.2, 0) is 6.42 Å². The largest absolute Gasteiger partial charge is 0.337 e. The Labute approximate surface area is 180 Å². The third-order valence-corrected chi connectivity index (χ3v) is 7.15. The Morgan fingerprint density at radius 1 is 1.32 bits per heavy atom. The van der Waals surface area contributed by atoms with Crippen molar-refractivity contribution in [3.05, 3.63) is 61.0 Å². The first-order valence-corrected chi connectivity index (χ1v) is 11.2. The number of nitrogens with zero attached hydrogens (tertiary/aromatic N) is 4. The smallest absolute Gasteiger partial charge is 0.272 e. The van der Waals surface area contributed by atoms with E-state index >= 15 is 0 Å². The van der Waals surface area contributed by atoms with Crippen molar-refractivity contribution in [1.29, 1.82) is 0 Å². The van der Waals surface area contributed by atoms with Gasteiger partial charge in [-0.05, 0) is 31.7 Å². The number of amides is 1. The number of H-pyrrole nitrogens is 2. The van der Waals surface area contributed by atoms with Gasteiger partial charge in [0.1, 0.15) is 4.83 Å². The predicted molar refractivity (Wildman–Crippen MR) is 118 cm³/mol. The van der Waals surface area contributed by atoms with E-state index in [0.29, 0.717) is 45.8 Å². The summed E-state index contributed by atoms with van der Waals surface area (Å²) in [7, 11) is 0. The second-order valence-corrected chi connectivity index (χ2v) is 8.90. The summed E-state index contributed by atoms with van der Waals surface area (Å²) in [5, 5.41) is 3.66. The topological polar surface area (TPSA) is 116 Å². The summed E-state index contributed by atoms with van der Waals surface area (Å²) < 4.78 is 1.46. The van der Waals surface area contributed by atoms with Crippen LogP contribution >= 0.6 is 11.3 Å². The van der Waals surface area contributed by atoms with Crippen LogP contribution in [0.3, 0.4) is 0 Å². The Morgan fingerprint density at radius 3 is 2.94 bits per heavy atom. The van der Waals surface area contributed by atoms with Crippen LogP contribution in [-0.4, -0.2) is 48.5 Å². The summed E-state index contributed by atoms with van der Waals surface area (Å²) in [6, 6.07) is 3.46. The first-order valence-electron chi connectivity index (χ1n) is 10.3. The highest BCUT2D eigenvalue weighted by Crippen LogP contribution is 2.31. The SMILES string of the molecule is CCc1cc(=O)n2[nH]c(C3CCCN(C(=O)c4sc5nc[nH]c(=O)c5c4C)C3)cc2n1. The molecule has 1 atom stereocenters. The fourth-order valence-corrected chi connectivity index (χ4v) is 5.41. The van der Waals surface area contributed by atoms with Crippen molar-refractivity contribution in [2.45, 2.75) is 39.0 Å². The minimum absolute atomic E-state index is 0.0794. The van der Waals surface area contributed by atoms with Gasteiger partial charge in [0.05, 0.1) is 16.6 Å². The van der Waals surface area contributed by atoms with Crippen molar-refractivity contribution >= 4 is 33.1 Å². The zero-order valence-electron chi connectivity index (χ0n) is 17.3. The fraction of sp³-hybridized carbons (Fsp3) is 0.381. The number of rotatable bonds is 3. The average molecular weight is 439 g/mol. The van der Waals surface area contributed by atoms with Gasteiger partial charge in [-0.1, -0.05) is 6.92 Å². The molecule has 1 aliphatic rings. The van der Waals surface area contributed by atoms with Gasteiger partial charge in [0, 0.05) is 42.5 Å². The van der Waals surface area contributed by atoms with Crippen LogP contribution < -0.4 is 11.1 Å². The Bertz CT molecular complexity index is 1430. The Kier molecular flexibility index (Phi) is 4.73. The molecule has 5 rings (SSSR count). The van der Waals surface area contributed by atoms with E-state index in [9.17, 15) is 14.4 Å². The molecule has 1 unspecified atom stereocenters. The van der Waals surface area contributed by atoms with E-state index in [1.54, 1.807) is 13.0 Å². The number of likely N-dealkylation sites (tertiary alicyclic amines) is 1. The molecule has 0 spiro atoms. The van der Waals surface area contributed by atoms with Gasteiger partial charge < -0.3 is 9.88 Å². The molecule has 4 aromatic rings. The lowest BCUT2D eigenvalue weighted by molar-refractivity contribution is 0.0710. The average Bonchev–Trinajstić information content (AvgIpc) is 3.36. The molecule has 2 N–H and O–H groups in total. The Balaban J connectivity index is 1.45. The lowest BCUT2D eigenvalue weighted by Crippen LogP contribution is -2.39. The van der Waals surface area contributed by atoms with E-state index in [0.717, 1.165) is 24.2 Å². The van der Waals surface area contributed by atoms with Crippen molar-refractivity contribution in [2.75, 3.05) is 13.1 Å². The van der Waals surface area contributed by atoms with Gasteiger partial charge in [0.2, 0.25) is 0 Å². The summed E-state index contributed by atoms with van der Waals surface area (Å²) in [4.78, 5) is 52.1. The second-order valence-electron chi connectivity index (χ2n) is 7.90. The molecule has 1 saturated heterocycles. The third-order valence-electron chi connectivity index (χ3n) is 5.96. The van der Waals surface area contributed by atoms with E-state index < -0.39 is 0 Å². The van der Waals surface area contributed by atoms with Gasteiger partial charge in [0.25, 0.3) is 17.0 Å². The number of hydrogen-bond acceptors (Lipinski definition) is 6. The van der Waals surface area contributed by atoms with Crippen LogP contribution in [0.4, 0.5) is 0 Å². The number of aromatic nitrogens is 5. The number of fused-ring (bicyclic) bond motifs is 2. The van der Waals surface area contributed by atoms with Crippen molar-refractivity contribution in [3.63, 3.8) is 0 Å². The highest BCUT2D eigenvalue weighted by molar-refractivity contribution is 7.20. The van der Waals surface area contributed by atoms with Crippen LogP contribution in [0.15, 0.2) is 28.0 Å². The van der Waals surface area contributed by atoms with Crippen molar-refractivity contribution in [3.8, 4) is 0 Å². The van der Waals surface area contributed by atoms with Gasteiger partial charge in [-0.15, -0.1) is 11.3 Å². The molecule has 5 heterocycles. The minimum Gasteiger partial charge on any atom is -0.337 e. The van der Waals surface area contributed by atoms with Gasteiger partial charge in [-0.2, -0.15) is 0 Å². The number of carbonyl (C=O) groups is 1. The lowest BCUT2D eigenvalue weighted by atomic mass is 9.94. The fourth-order valence-electron chi connectivity index (χ4n) is 4.29. The third kappa shape index (κ3) is 3.27. The summed E-state index contributed by atoms with van der Waals surface area (Å²) in [5.74, 6) is 0.00404. The number of nitrogens with one attached hydrogen (secondary N) is 2. The summed E-state index contributed by atoms with van der Waals surface area (Å²) in [5.41, 5.74) is 2.59. The number of aromatic amines is 2. The molecule has 10 heteroatoms. The first kappa shape index (κ1) is 19.7. The van der Waals surface area contributed by atoms with Crippen molar-refractivity contribution in [1.82, 2.24) is 29.5 Å². The van der Waals surface area contributed by atoms with Crippen molar-refractivity contribution < 1.29 is 4.79 Å². The number of hydrogen-bond donors (Lipinski definition) is 2. The number of piperidine rings is 1. The van der Waals surface area contributed by atoms with Crippen LogP contribution in [0.1, 0.15) is 52.3 Å². The zero-order valence-corrected chi connectivity index (χ0v) is 18.1. The normalized spacial score (nSPS) is 17.0. The van der Waals surface area contributed by atoms with E-state index in [1.165, 1.54) is 22.2 Å². The van der Waals surface area contributed by atoms with E-state index in [4.69, 9.17) is 0 Å². The molecule has 1 fully saturated rings. The molecule has 160 valence electrons. The molecule has 31 heavy (non-hydrogen) atoms. The maximum absolute atomic E-state index is 13.3. The van der Waals surface area contributed by atoms with Gasteiger partial charge >= 0.3 is 0 Å². The molecule has 4 aromatic heterocycles. The molecule has 9 nitrogen and oxygen atoms in total. The van der Waals surface area contributed by atoms with Gasteiger partial charge in [-0.25, -0.2) is 14.5 Å². The Hall–Kier alpha value is -3.27. The molecule has 0 aromatic carbocycles. The zero-order chi connectivity index (χ0) is 21.7. The molecule has 1 aliphatic heterocycles. The Morgan fingerprint density at radius 2 is 2.16 bits per heavy atom. The quantitative estimate of drug-likeness (QED) is 0.509. The van der Waals surface area contributed by atoms with E-state index in [-0.39, 0.29) is 22.9 Å². The maximum atomic E-state index is 13.3. The van der Waals surface area contributed by atoms with Gasteiger partial charge in [-0.3, -0.25) is 19.5 Å². The van der Waals surface area contributed by atoms with Crippen LogP contribution in [0.25, 0.3) is 15.9 Å². The van der Waals surface area contributed by atoms with Crippen LogP contribution in [0, 0.1) is 6.92 Å². The highest BCUT2D eigenvalue weighted by atomic mass is 32.1.